The fraction of sp³-hybridized carbons (Fsp3) is 0.529. The molecule has 0 aromatic heterocycles. The number of hydrogen-bond donors (Lipinski definition) is 2. The van der Waals surface area contributed by atoms with Crippen molar-refractivity contribution in [3.63, 3.8) is 0 Å². The molecule has 0 aliphatic carbocycles. The van der Waals surface area contributed by atoms with E-state index in [-0.39, 0.29) is 12.8 Å². The molecule has 0 aliphatic heterocycles. The summed E-state index contributed by atoms with van der Waals surface area (Å²) >= 11 is 0. The van der Waals surface area contributed by atoms with Gasteiger partial charge in [-0.2, -0.15) is 0 Å². The van der Waals surface area contributed by atoms with E-state index in [1.54, 1.807) is 20.8 Å². The predicted octanol–water partition coefficient (Wildman–Crippen LogP) is 1.79. The highest BCUT2D eigenvalue weighted by molar-refractivity contribution is 7.93. The Kier molecular flexibility index (Phi) is 6.95. The summed E-state index contributed by atoms with van der Waals surface area (Å²) in [4.78, 5) is 22.9. The zero-order valence-corrected chi connectivity index (χ0v) is 15.1. The number of benzene rings is 1. The molecule has 0 bridgehead atoms. The van der Waals surface area contributed by atoms with Gasteiger partial charge in [-0.15, -0.1) is 0 Å². The number of carboxylic acid groups (broad SMARTS) is 1. The zero-order valence-electron chi connectivity index (χ0n) is 14.3. The maximum absolute atomic E-state index is 12.1. The SMILES string of the molecule is CC(C)(C)S(=O)(=O)CC(=O)NC(CCC(=O)O)Cc1ccccc1. The highest BCUT2D eigenvalue weighted by Gasteiger charge is 2.31. The van der Waals surface area contributed by atoms with E-state index in [1.807, 2.05) is 30.3 Å². The molecule has 2 N–H and O–H groups in total. The van der Waals surface area contributed by atoms with Crippen LogP contribution in [0.3, 0.4) is 0 Å². The maximum atomic E-state index is 12.1. The van der Waals surface area contributed by atoms with E-state index in [0.717, 1.165) is 5.56 Å². The Morgan fingerprint density at radius 1 is 1.17 bits per heavy atom. The minimum atomic E-state index is -3.58. The van der Waals surface area contributed by atoms with Gasteiger partial charge >= 0.3 is 5.97 Å². The van der Waals surface area contributed by atoms with Crippen LogP contribution < -0.4 is 5.32 Å². The lowest BCUT2D eigenvalue weighted by molar-refractivity contribution is -0.137. The molecule has 0 saturated heterocycles. The van der Waals surface area contributed by atoms with Gasteiger partial charge in [0.15, 0.2) is 9.84 Å². The fourth-order valence-electron chi connectivity index (χ4n) is 2.08. The van der Waals surface area contributed by atoms with Gasteiger partial charge in [0.25, 0.3) is 0 Å². The lowest BCUT2D eigenvalue weighted by Gasteiger charge is -2.21. The van der Waals surface area contributed by atoms with Crippen LogP contribution in [-0.4, -0.2) is 41.9 Å². The van der Waals surface area contributed by atoms with Gasteiger partial charge in [-0.3, -0.25) is 9.59 Å². The van der Waals surface area contributed by atoms with Gasteiger partial charge in [-0.1, -0.05) is 30.3 Å². The van der Waals surface area contributed by atoms with Crippen molar-refractivity contribution in [1.82, 2.24) is 5.32 Å². The molecule has 7 heteroatoms. The summed E-state index contributed by atoms with van der Waals surface area (Å²) in [5.41, 5.74) is 0.951. The number of aliphatic carboxylic acids is 1. The number of rotatable bonds is 8. The van der Waals surface area contributed by atoms with Crippen molar-refractivity contribution in [1.29, 1.82) is 0 Å². The zero-order chi connectivity index (χ0) is 18.4. The molecule has 1 rings (SSSR count). The third-order valence-corrected chi connectivity index (χ3v) is 6.16. The molecular formula is C17H25NO5S. The van der Waals surface area contributed by atoms with Crippen LogP contribution in [0.5, 0.6) is 0 Å². The molecule has 1 aromatic carbocycles. The van der Waals surface area contributed by atoms with Gasteiger partial charge in [-0.05, 0) is 39.2 Å². The normalized spacial score (nSPS) is 13.3. The van der Waals surface area contributed by atoms with Gasteiger partial charge in [0, 0.05) is 12.5 Å². The molecule has 0 heterocycles. The molecule has 1 amide bonds. The second kappa shape index (κ2) is 8.28. The minimum absolute atomic E-state index is 0.0935. The second-order valence-corrected chi connectivity index (χ2v) is 9.50. The van der Waals surface area contributed by atoms with Crippen molar-refractivity contribution in [2.75, 3.05) is 5.75 Å². The van der Waals surface area contributed by atoms with Crippen molar-refractivity contribution >= 4 is 21.7 Å². The maximum Gasteiger partial charge on any atom is 0.303 e. The van der Waals surface area contributed by atoms with E-state index in [1.165, 1.54) is 0 Å². The van der Waals surface area contributed by atoms with Crippen molar-refractivity contribution in [3.8, 4) is 0 Å². The van der Waals surface area contributed by atoms with Crippen LogP contribution >= 0.6 is 0 Å². The van der Waals surface area contributed by atoms with Crippen LogP contribution in [0.2, 0.25) is 0 Å². The van der Waals surface area contributed by atoms with Crippen LogP contribution in [0.1, 0.15) is 39.2 Å². The van der Waals surface area contributed by atoms with E-state index in [2.05, 4.69) is 5.32 Å². The first-order chi connectivity index (χ1) is 11.0. The number of amides is 1. The molecule has 1 unspecified atom stereocenters. The molecule has 1 atom stereocenters. The first-order valence-electron chi connectivity index (χ1n) is 7.78. The third-order valence-electron chi connectivity index (χ3n) is 3.65. The number of carbonyl (C=O) groups is 2. The summed E-state index contributed by atoms with van der Waals surface area (Å²) in [5, 5.41) is 11.5. The van der Waals surface area contributed by atoms with E-state index in [4.69, 9.17) is 5.11 Å². The summed E-state index contributed by atoms with van der Waals surface area (Å²) in [6.07, 6.45) is 0.602. The van der Waals surface area contributed by atoms with Gasteiger partial charge in [-0.25, -0.2) is 8.42 Å². The molecule has 0 saturated carbocycles. The van der Waals surface area contributed by atoms with Crippen molar-refractivity contribution in [2.45, 2.75) is 50.8 Å². The van der Waals surface area contributed by atoms with Gasteiger partial charge < -0.3 is 10.4 Å². The Morgan fingerprint density at radius 2 is 1.75 bits per heavy atom. The van der Waals surface area contributed by atoms with Gasteiger partial charge in [0.2, 0.25) is 5.91 Å². The lowest BCUT2D eigenvalue weighted by Crippen LogP contribution is -2.43. The van der Waals surface area contributed by atoms with E-state index >= 15 is 0 Å². The average Bonchev–Trinajstić information content (AvgIpc) is 2.44. The smallest absolute Gasteiger partial charge is 0.303 e. The van der Waals surface area contributed by atoms with Gasteiger partial charge in [0.1, 0.15) is 5.75 Å². The molecule has 134 valence electrons. The van der Waals surface area contributed by atoms with E-state index in [9.17, 15) is 18.0 Å². The fourth-order valence-corrected chi connectivity index (χ4v) is 2.94. The number of nitrogens with one attached hydrogen (secondary N) is 1. The highest BCUT2D eigenvalue weighted by atomic mass is 32.2. The summed E-state index contributed by atoms with van der Waals surface area (Å²) < 4.78 is 23.2. The molecule has 24 heavy (non-hydrogen) atoms. The summed E-state index contributed by atoms with van der Waals surface area (Å²) in [6, 6.07) is 8.92. The Labute approximate surface area is 143 Å². The largest absolute Gasteiger partial charge is 0.481 e. The molecule has 0 spiro atoms. The van der Waals surface area contributed by atoms with Crippen LogP contribution in [0.15, 0.2) is 30.3 Å². The van der Waals surface area contributed by atoms with Crippen molar-refractivity contribution in [3.05, 3.63) is 35.9 Å². The van der Waals surface area contributed by atoms with E-state index in [0.29, 0.717) is 6.42 Å². The Balaban J connectivity index is 2.77. The van der Waals surface area contributed by atoms with Crippen LogP contribution in [0.4, 0.5) is 0 Å². The predicted molar refractivity (Wildman–Crippen MR) is 92.5 cm³/mol. The first kappa shape index (κ1) is 20.2. The van der Waals surface area contributed by atoms with Crippen LogP contribution in [0.25, 0.3) is 0 Å². The monoisotopic (exact) mass is 355 g/mol. The summed E-state index contributed by atoms with van der Waals surface area (Å²) in [5.74, 6) is -2.16. The standard InChI is InChI=1S/C17H25NO5S/c1-17(2,3)24(22,23)12-15(19)18-14(9-10-16(20)21)11-13-7-5-4-6-8-13/h4-8,14H,9-12H2,1-3H3,(H,18,19)(H,20,21). The number of sulfone groups is 1. The molecule has 0 fully saturated rings. The van der Waals surface area contributed by atoms with Gasteiger partial charge in [0.05, 0.1) is 4.75 Å². The van der Waals surface area contributed by atoms with Crippen LogP contribution in [0, 0.1) is 0 Å². The Hall–Kier alpha value is -1.89. The number of hydrogen-bond acceptors (Lipinski definition) is 4. The molecule has 6 nitrogen and oxygen atoms in total. The molecule has 0 aliphatic rings. The Morgan fingerprint density at radius 3 is 2.25 bits per heavy atom. The summed E-state index contributed by atoms with van der Waals surface area (Å²) in [6.45, 7) is 4.63. The lowest BCUT2D eigenvalue weighted by atomic mass is 10.0. The molecule has 1 aromatic rings. The first-order valence-corrected chi connectivity index (χ1v) is 9.44. The Bertz CT molecular complexity index is 662. The molecular weight excluding hydrogens is 330 g/mol. The third kappa shape index (κ3) is 6.70. The minimum Gasteiger partial charge on any atom is -0.481 e. The average molecular weight is 355 g/mol. The van der Waals surface area contributed by atoms with E-state index < -0.39 is 38.3 Å². The highest BCUT2D eigenvalue weighted by Crippen LogP contribution is 2.16. The van der Waals surface area contributed by atoms with Crippen molar-refractivity contribution in [2.24, 2.45) is 0 Å². The number of carboxylic acids is 1. The quantitative estimate of drug-likeness (QED) is 0.740. The summed E-state index contributed by atoms with van der Waals surface area (Å²) in [7, 11) is -3.58. The van der Waals surface area contributed by atoms with Crippen LogP contribution in [-0.2, 0) is 25.8 Å². The van der Waals surface area contributed by atoms with Crippen molar-refractivity contribution < 1.29 is 23.1 Å². The topological polar surface area (TPSA) is 101 Å². The molecule has 0 radical (unpaired) electrons. The number of carbonyl (C=O) groups excluding carboxylic acids is 1. The second-order valence-electron chi connectivity index (χ2n) is 6.76.